The molecule has 1 heterocycles. The summed E-state index contributed by atoms with van der Waals surface area (Å²) in [5.74, 6) is 0.0949. The van der Waals surface area contributed by atoms with Gasteiger partial charge in [0.2, 0.25) is 0 Å². The lowest BCUT2D eigenvalue weighted by Crippen LogP contribution is -1.91. The molecule has 2 aromatic rings. The van der Waals surface area contributed by atoms with E-state index >= 15 is 0 Å². The first-order valence-electron chi connectivity index (χ1n) is 5.21. The van der Waals surface area contributed by atoms with Crippen LogP contribution in [0.1, 0.15) is 23.0 Å². The van der Waals surface area contributed by atoms with E-state index in [1.54, 1.807) is 13.1 Å². The Morgan fingerprint density at radius 1 is 1.06 bits per heavy atom. The smallest absolute Gasteiger partial charge is 0.159 e. The first-order chi connectivity index (χ1) is 7.66. The van der Waals surface area contributed by atoms with E-state index in [2.05, 4.69) is 4.98 Å². The van der Waals surface area contributed by atoms with E-state index in [0.717, 1.165) is 22.4 Å². The third kappa shape index (κ3) is 2.16. The number of carbonyl (C=O) groups is 1. The summed E-state index contributed by atoms with van der Waals surface area (Å²) in [6.07, 6.45) is 1.80. The summed E-state index contributed by atoms with van der Waals surface area (Å²) < 4.78 is 0. The average Bonchev–Trinajstić information content (AvgIpc) is 2.29. The van der Waals surface area contributed by atoms with Crippen LogP contribution in [0.5, 0.6) is 0 Å². The highest BCUT2D eigenvalue weighted by molar-refractivity contribution is 5.94. The van der Waals surface area contributed by atoms with E-state index in [1.807, 2.05) is 43.3 Å². The highest BCUT2D eigenvalue weighted by atomic mass is 16.1. The maximum atomic E-state index is 11.1. The molecule has 0 fully saturated rings. The number of rotatable bonds is 2. The van der Waals surface area contributed by atoms with E-state index in [1.165, 1.54) is 0 Å². The van der Waals surface area contributed by atoms with Crippen LogP contribution in [-0.2, 0) is 0 Å². The molecule has 0 unspecified atom stereocenters. The number of aryl methyl sites for hydroxylation is 1. The van der Waals surface area contributed by atoms with Gasteiger partial charge >= 0.3 is 0 Å². The molecule has 0 aliphatic rings. The molecule has 1 aromatic heterocycles. The van der Waals surface area contributed by atoms with Gasteiger partial charge in [-0.15, -0.1) is 0 Å². The molecular weight excluding hydrogens is 198 g/mol. The Balaban J connectivity index is 2.38. The Bertz CT molecular complexity index is 515. The maximum Gasteiger partial charge on any atom is 0.159 e. The molecule has 0 radical (unpaired) electrons. The number of carbonyl (C=O) groups excluding carboxylic acids is 1. The standard InChI is InChI=1S/C14H13NO/c1-10-9-14(7-8-15-10)13-5-3-12(4-6-13)11(2)16/h3-9H,1-2H3. The van der Waals surface area contributed by atoms with Crippen LogP contribution in [0.4, 0.5) is 0 Å². The van der Waals surface area contributed by atoms with Gasteiger partial charge in [0, 0.05) is 17.5 Å². The van der Waals surface area contributed by atoms with Crippen molar-refractivity contribution in [1.82, 2.24) is 4.98 Å². The van der Waals surface area contributed by atoms with Crippen molar-refractivity contribution in [1.29, 1.82) is 0 Å². The predicted molar refractivity (Wildman–Crippen MR) is 64.4 cm³/mol. The van der Waals surface area contributed by atoms with Gasteiger partial charge in [0.05, 0.1) is 0 Å². The van der Waals surface area contributed by atoms with Crippen molar-refractivity contribution in [2.24, 2.45) is 0 Å². The van der Waals surface area contributed by atoms with Gasteiger partial charge in [-0.05, 0) is 37.1 Å². The van der Waals surface area contributed by atoms with Crippen LogP contribution in [0.3, 0.4) is 0 Å². The van der Waals surface area contributed by atoms with E-state index in [9.17, 15) is 4.79 Å². The molecule has 0 atom stereocenters. The number of hydrogen-bond acceptors (Lipinski definition) is 2. The minimum Gasteiger partial charge on any atom is -0.295 e. The van der Waals surface area contributed by atoms with Crippen molar-refractivity contribution in [3.8, 4) is 11.1 Å². The second-order valence-corrected chi connectivity index (χ2v) is 3.82. The first kappa shape index (κ1) is 10.6. The lowest BCUT2D eigenvalue weighted by molar-refractivity contribution is 0.101. The number of aromatic nitrogens is 1. The molecule has 2 nitrogen and oxygen atoms in total. The fourth-order valence-electron chi connectivity index (χ4n) is 1.62. The summed E-state index contributed by atoms with van der Waals surface area (Å²) in [5.41, 5.74) is 3.97. The number of hydrogen-bond donors (Lipinski definition) is 0. The van der Waals surface area contributed by atoms with Crippen LogP contribution < -0.4 is 0 Å². The number of ketones is 1. The molecule has 16 heavy (non-hydrogen) atoms. The summed E-state index contributed by atoms with van der Waals surface area (Å²) in [7, 11) is 0. The molecule has 1 aromatic carbocycles. The van der Waals surface area contributed by atoms with Crippen molar-refractivity contribution in [2.75, 3.05) is 0 Å². The minimum atomic E-state index is 0.0949. The van der Waals surface area contributed by atoms with E-state index in [-0.39, 0.29) is 5.78 Å². The number of Topliss-reactive ketones (excluding diaryl/α,β-unsaturated/α-hetero) is 1. The van der Waals surface area contributed by atoms with Gasteiger partial charge in [-0.3, -0.25) is 9.78 Å². The molecule has 0 spiro atoms. The Morgan fingerprint density at radius 2 is 1.75 bits per heavy atom. The van der Waals surface area contributed by atoms with Gasteiger partial charge < -0.3 is 0 Å². The summed E-state index contributed by atoms with van der Waals surface area (Å²) in [6, 6.07) is 11.6. The summed E-state index contributed by atoms with van der Waals surface area (Å²) in [6.45, 7) is 3.54. The normalized spacial score (nSPS) is 10.1. The molecule has 2 rings (SSSR count). The third-order valence-corrected chi connectivity index (χ3v) is 2.52. The Hall–Kier alpha value is -1.96. The SMILES string of the molecule is CC(=O)c1ccc(-c2ccnc(C)c2)cc1. The number of pyridine rings is 1. The number of benzene rings is 1. The van der Waals surface area contributed by atoms with Crippen molar-refractivity contribution in [3.05, 3.63) is 53.9 Å². The van der Waals surface area contributed by atoms with Crippen LogP contribution in [-0.4, -0.2) is 10.8 Å². The number of nitrogens with zero attached hydrogens (tertiary/aromatic N) is 1. The van der Waals surface area contributed by atoms with Crippen LogP contribution in [0, 0.1) is 6.92 Å². The maximum absolute atomic E-state index is 11.1. The van der Waals surface area contributed by atoms with Crippen molar-refractivity contribution in [3.63, 3.8) is 0 Å². The Kier molecular flexibility index (Phi) is 2.82. The van der Waals surface area contributed by atoms with E-state index < -0.39 is 0 Å². The predicted octanol–water partition coefficient (Wildman–Crippen LogP) is 3.26. The van der Waals surface area contributed by atoms with Crippen LogP contribution in [0.25, 0.3) is 11.1 Å². The van der Waals surface area contributed by atoms with Crippen LogP contribution >= 0.6 is 0 Å². The average molecular weight is 211 g/mol. The van der Waals surface area contributed by atoms with Gasteiger partial charge in [0.1, 0.15) is 0 Å². The zero-order valence-electron chi connectivity index (χ0n) is 9.40. The fourth-order valence-corrected chi connectivity index (χ4v) is 1.62. The summed E-state index contributed by atoms with van der Waals surface area (Å²) in [4.78, 5) is 15.3. The molecule has 0 bridgehead atoms. The molecule has 0 amide bonds. The molecule has 0 N–H and O–H groups in total. The van der Waals surface area contributed by atoms with Crippen molar-refractivity contribution >= 4 is 5.78 Å². The molecule has 0 saturated heterocycles. The zero-order chi connectivity index (χ0) is 11.5. The molecule has 80 valence electrons. The highest BCUT2D eigenvalue weighted by Crippen LogP contribution is 2.19. The molecule has 0 aliphatic carbocycles. The van der Waals surface area contributed by atoms with Gasteiger partial charge in [0.15, 0.2) is 5.78 Å². The van der Waals surface area contributed by atoms with E-state index in [4.69, 9.17) is 0 Å². The van der Waals surface area contributed by atoms with Gasteiger partial charge in [0.25, 0.3) is 0 Å². The zero-order valence-corrected chi connectivity index (χ0v) is 9.40. The van der Waals surface area contributed by atoms with Crippen LogP contribution in [0.15, 0.2) is 42.6 Å². The molecule has 0 aliphatic heterocycles. The first-order valence-corrected chi connectivity index (χ1v) is 5.21. The second-order valence-electron chi connectivity index (χ2n) is 3.82. The molecule has 2 heteroatoms. The lowest BCUT2D eigenvalue weighted by atomic mass is 10.0. The van der Waals surface area contributed by atoms with Gasteiger partial charge in [-0.2, -0.15) is 0 Å². The second kappa shape index (κ2) is 4.27. The van der Waals surface area contributed by atoms with Crippen LogP contribution in [0.2, 0.25) is 0 Å². The largest absolute Gasteiger partial charge is 0.295 e. The molecular formula is C14H13NO. The topological polar surface area (TPSA) is 30.0 Å². The quantitative estimate of drug-likeness (QED) is 0.714. The summed E-state index contributed by atoms with van der Waals surface area (Å²) >= 11 is 0. The Labute approximate surface area is 95.0 Å². The Morgan fingerprint density at radius 3 is 2.31 bits per heavy atom. The summed E-state index contributed by atoms with van der Waals surface area (Å²) in [5, 5.41) is 0. The third-order valence-electron chi connectivity index (χ3n) is 2.52. The van der Waals surface area contributed by atoms with Crippen molar-refractivity contribution < 1.29 is 4.79 Å². The monoisotopic (exact) mass is 211 g/mol. The minimum absolute atomic E-state index is 0.0949. The van der Waals surface area contributed by atoms with Gasteiger partial charge in [-0.25, -0.2) is 0 Å². The lowest BCUT2D eigenvalue weighted by Gasteiger charge is -2.03. The van der Waals surface area contributed by atoms with E-state index in [0.29, 0.717) is 0 Å². The van der Waals surface area contributed by atoms with Gasteiger partial charge in [-0.1, -0.05) is 24.3 Å². The fraction of sp³-hybridized carbons (Fsp3) is 0.143. The highest BCUT2D eigenvalue weighted by Gasteiger charge is 2.01. The molecule has 0 saturated carbocycles. The van der Waals surface area contributed by atoms with Crippen molar-refractivity contribution in [2.45, 2.75) is 13.8 Å².